The lowest BCUT2D eigenvalue weighted by Gasteiger charge is -2.14. The minimum absolute atomic E-state index is 0.0960. The van der Waals surface area contributed by atoms with E-state index in [1.165, 1.54) is 0 Å². The lowest BCUT2D eigenvalue weighted by Crippen LogP contribution is -2.28. The Morgan fingerprint density at radius 3 is 2.74 bits per heavy atom. The molecular weight excluding hydrogens is 368 g/mol. The Morgan fingerprint density at radius 2 is 2.04 bits per heavy atom. The van der Waals surface area contributed by atoms with E-state index in [1.54, 1.807) is 18.2 Å². The number of nitro groups is 1. The van der Waals surface area contributed by atoms with Crippen LogP contribution in [0.25, 0.3) is 0 Å². The summed E-state index contributed by atoms with van der Waals surface area (Å²) < 4.78 is 6.12. The topological polar surface area (TPSA) is 105 Å². The summed E-state index contributed by atoms with van der Waals surface area (Å²) in [4.78, 5) is 21.8. The van der Waals surface area contributed by atoms with Gasteiger partial charge in [-0.3, -0.25) is 14.9 Å². The van der Waals surface area contributed by atoms with E-state index in [0.717, 1.165) is 22.7 Å². The van der Waals surface area contributed by atoms with E-state index < -0.39 is 10.8 Å². The van der Waals surface area contributed by atoms with Crippen LogP contribution in [-0.2, 0) is 11.3 Å². The first kappa shape index (κ1) is 16.8. The van der Waals surface area contributed by atoms with E-state index >= 15 is 0 Å². The van der Waals surface area contributed by atoms with Gasteiger partial charge in [-0.15, -0.1) is 5.75 Å². The van der Waals surface area contributed by atoms with Crippen molar-refractivity contribution in [1.29, 1.82) is 0 Å². The number of carbonyl (C=O) groups is 1. The number of nitrogens with one attached hydrogen (secondary N) is 1. The van der Waals surface area contributed by atoms with E-state index in [9.17, 15) is 20.0 Å². The van der Waals surface area contributed by atoms with Gasteiger partial charge in [-0.25, -0.2) is 0 Å². The third kappa shape index (κ3) is 4.96. The van der Waals surface area contributed by atoms with Crippen LogP contribution in [0.5, 0.6) is 11.5 Å². The average Bonchev–Trinajstić information content (AvgIpc) is 2.52. The Labute approximate surface area is 140 Å². The van der Waals surface area contributed by atoms with Crippen molar-refractivity contribution in [3.05, 3.63) is 62.6 Å². The van der Waals surface area contributed by atoms with Gasteiger partial charge in [0.15, 0.2) is 6.61 Å². The SMILES string of the molecule is O=C(COc1cccc(Br)c1)NCc1cc([N+](=O)[O-])ccc1[O-]. The third-order valence-corrected chi connectivity index (χ3v) is 3.39. The molecule has 0 aliphatic carbocycles. The Bertz CT molecular complexity index is 736. The molecule has 7 nitrogen and oxygen atoms in total. The van der Waals surface area contributed by atoms with Gasteiger partial charge in [0.1, 0.15) is 5.75 Å². The minimum Gasteiger partial charge on any atom is -0.872 e. The smallest absolute Gasteiger partial charge is 0.269 e. The van der Waals surface area contributed by atoms with Crippen LogP contribution in [0.15, 0.2) is 46.9 Å². The second-order valence-corrected chi connectivity index (χ2v) is 5.49. The van der Waals surface area contributed by atoms with Crippen molar-refractivity contribution in [1.82, 2.24) is 5.32 Å². The molecule has 0 atom stereocenters. The molecule has 0 aliphatic heterocycles. The minimum atomic E-state index is -0.596. The van der Waals surface area contributed by atoms with Crippen LogP contribution in [-0.4, -0.2) is 17.4 Å². The van der Waals surface area contributed by atoms with Gasteiger partial charge in [0, 0.05) is 23.2 Å². The normalized spacial score (nSPS) is 10.1. The molecule has 2 rings (SSSR count). The van der Waals surface area contributed by atoms with Crippen LogP contribution in [0.4, 0.5) is 5.69 Å². The molecule has 2 aromatic rings. The van der Waals surface area contributed by atoms with E-state index in [2.05, 4.69) is 21.2 Å². The molecular formula is C15H12BrN2O5-. The fourth-order valence-corrected chi connectivity index (χ4v) is 2.15. The van der Waals surface area contributed by atoms with Crippen LogP contribution in [0.3, 0.4) is 0 Å². The lowest BCUT2D eigenvalue weighted by atomic mass is 10.2. The summed E-state index contributed by atoms with van der Waals surface area (Å²) in [6, 6.07) is 10.4. The number of ether oxygens (including phenoxy) is 1. The number of hydrogen-bond acceptors (Lipinski definition) is 5. The lowest BCUT2D eigenvalue weighted by molar-refractivity contribution is -0.385. The number of nitro benzene ring substituents is 1. The Hall–Kier alpha value is -2.61. The van der Waals surface area contributed by atoms with Crippen molar-refractivity contribution in [2.45, 2.75) is 6.54 Å². The highest BCUT2D eigenvalue weighted by atomic mass is 79.9. The van der Waals surface area contributed by atoms with Crippen molar-refractivity contribution in [3.8, 4) is 11.5 Å². The highest BCUT2D eigenvalue weighted by molar-refractivity contribution is 9.10. The molecule has 120 valence electrons. The maximum absolute atomic E-state index is 11.7. The molecule has 1 N–H and O–H groups in total. The van der Waals surface area contributed by atoms with Gasteiger partial charge in [0.2, 0.25) is 0 Å². The highest BCUT2D eigenvalue weighted by Crippen LogP contribution is 2.20. The monoisotopic (exact) mass is 379 g/mol. The number of benzene rings is 2. The molecule has 0 saturated carbocycles. The number of non-ortho nitro benzene ring substituents is 1. The van der Waals surface area contributed by atoms with Crippen molar-refractivity contribution in [3.63, 3.8) is 0 Å². The number of rotatable bonds is 6. The zero-order chi connectivity index (χ0) is 16.8. The molecule has 23 heavy (non-hydrogen) atoms. The van der Waals surface area contributed by atoms with Gasteiger partial charge >= 0.3 is 0 Å². The summed E-state index contributed by atoms with van der Waals surface area (Å²) in [6.45, 7) is -0.319. The molecule has 0 spiro atoms. The maximum Gasteiger partial charge on any atom is 0.269 e. The van der Waals surface area contributed by atoms with Gasteiger partial charge < -0.3 is 15.2 Å². The van der Waals surface area contributed by atoms with Crippen LogP contribution in [0.1, 0.15) is 5.56 Å². The molecule has 0 aliphatic rings. The second-order valence-electron chi connectivity index (χ2n) is 4.57. The Morgan fingerprint density at radius 1 is 1.26 bits per heavy atom. The predicted molar refractivity (Wildman–Crippen MR) is 84.0 cm³/mol. The van der Waals surface area contributed by atoms with E-state index in [-0.39, 0.29) is 30.2 Å². The number of amides is 1. The highest BCUT2D eigenvalue weighted by Gasteiger charge is 2.08. The van der Waals surface area contributed by atoms with Gasteiger partial charge in [-0.05, 0) is 23.8 Å². The predicted octanol–water partition coefficient (Wildman–Crippen LogP) is 2.13. The van der Waals surface area contributed by atoms with Crippen LogP contribution in [0, 0.1) is 10.1 Å². The first-order valence-electron chi connectivity index (χ1n) is 6.55. The molecule has 8 heteroatoms. The van der Waals surface area contributed by atoms with Crippen molar-refractivity contribution < 1.29 is 19.6 Å². The Kier molecular flexibility index (Phi) is 5.53. The molecule has 0 fully saturated rings. The summed E-state index contributed by atoms with van der Waals surface area (Å²) in [5.74, 6) is -0.283. The zero-order valence-corrected chi connectivity index (χ0v) is 13.4. The van der Waals surface area contributed by atoms with Gasteiger partial charge in [-0.2, -0.15) is 0 Å². The van der Waals surface area contributed by atoms with Crippen molar-refractivity contribution in [2.24, 2.45) is 0 Å². The van der Waals surface area contributed by atoms with E-state index in [1.807, 2.05) is 6.07 Å². The van der Waals surface area contributed by atoms with E-state index in [0.29, 0.717) is 5.75 Å². The number of halogens is 1. The summed E-state index contributed by atoms with van der Waals surface area (Å²) in [5.41, 5.74) is -0.0470. The van der Waals surface area contributed by atoms with Gasteiger partial charge in [0.25, 0.3) is 11.6 Å². The second kappa shape index (κ2) is 7.59. The standard InChI is InChI=1S/C15H13BrN2O5/c16-11-2-1-3-13(7-11)23-9-15(20)17-8-10-6-12(18(21)22)4-5-14(10)19/h1-7,19H,8-9H2,(H,17,20)/p-1. The summed E-state index contributed by atoms with van der Waals surface area (Å²) in [5, 5.41) is 24.8. The molecule has 0 unspecified atom stereocenters. The molecule has 0 bridgehead atoms. The fourth-order valence-electron chi connectivity index (χ4n) is 1.77. The van der Waals surface area contributed by atoms with Crippen LogP contribution >= 0.6 is 15.9 Å². The molecule has 0 heterocycles. The first-order valence-corrected chi connectivity index (χ1v) is 7.34. The van der Waals surface area contributed by atoms with Gasteiger partial charge in [-0.1, -0.05) is 28.1 Å². The van der Waals surface area contributed by atoms with Crippen LogP contribution in [0.2, 0.25) is 0 Å². The molecule has 0 saturated heterocycles. The van der Waals surface area contributed by atoms with Crippen molar-refractivity contribution >= 4 is 27.5 Å². The summed E-state index contributed by atoms with van der Waals surface area (Å²) in [6.07, 6.45) is 0. The number of nitrogens with zero attached hydrogens (tertiary/aromatic N) is 1. The zero-order valence-electron chi connectivity index (χ0n) is 11.8. The maximum atomic E-state index is 11.7. The molecule has 0 aromatic heterocycles. The first-order chi connectivity index (χ1) is 11.0. The molecule has 1 amide bonds. The summed E-state index contributed by atoms with van der Waals surface area (Å²) >= 11 is 3.29. The molecule has 0 radical (unpaired) electrons. The Balaban J connectivity index is 1.89. The number of carbonyl (C=O) groups excluding carboxylic acids is 1. The van der Waals surface area contributed by atoms with Crippen LogP contribution < -0.4 is 15.2 Å². The summed E-state index contributed by atoms with van der Waals surface area (Å²) in [7, 11) is 0. The average molecular weight is 380 g/mol. The van der Waals surface area contributed by atoms with Crippen molar-refractivity contribution in [2.75, 3.05) is 6.61 Å². The largest absolute Gasteiger partial charge is 0.872 e. The molecule has 2 aromatic carbocycles. The number of hydrogen-bond donors (Lipinski definition) is 1. The quantitative estimate of drug-likeness (QED) is 0.611. The third-order valence-electron chi connectivity index (χ3n) is 2.90. The fraction of sp³-hybridized carbons (Fsp3) is 0.133. The van der Waals surface area contributed by atoms with Gasteiger partial charge in [0.05, 0.1) is 4.92 Å². The van der Waals surface area contributed by atoms with E-state index in [4.69, 9.17) is 4.74 Å².